The van der Waals surface area contributed by atoms with Crippen molar-refractivity contribution in [3.05, 3.63) is 18.2 Å². The predicted octanol–water partition coefficient (Wildman–Crippen LogP) is 3.70. The van der Waals surface area contributed by atoms with Crippen LogP contribution in [-0.4, -0.2) is 19.8 Å². The minimum absolute atomic E-state index is 0.411. The van der Waals surface area contributed by atoms with Gasteiger partial charge in [-0.05, 0) is 30.4 Å². The molecule has 3 nitrogen and oxygen atoms in total. The molecule has 1 aliphatic rings. The monoisotopic (exact) mass is 249 g/mol. The van der Waals surface area contributed by atoms with Crippen LogP contribution >= 0.6 is 0 Å². The summed E-state index contributed by atoms with van der Waals surface area (Å²) in [7, 11) is 0. The molecule has 1 N–H and O–H groups in total. The van der Waals surface area contributed by atoms with Crippen LogP contribution in [0.15, 0.2) is 18.2 Å². The lowest BCUT2D eigenvalue weighted by atomic mass is 9.91. The summed E-state index contributed by atoms with van der Waals surface area (Å²) in [5.41, 5.74) is 1.52. The Morgan fingerprint density at radius 3 is 2.56 bits per heavy atom. The van der Waals surface area contributed by atoms with Gasteiger partial charge in [0, 0.05) is 18.3 Å². The molecule has 0 bridgehead atoms. The van der Waals surface area contributed by atoms with E-state index in [2.05, 4.69) is 26.1 Å². The van der Waals surface area contributed by atoms with Gasteiger partial charge in [-0.15, -0.1) is 0 Å². The van der Waals surface area contributed by atoms with Crippen LogP contribution in [0.5, 0.6) is 11.5 Å². The van der Waals surface area contributed by atoms with E-state index in [0.29, 0.717) is 18.6 Å². The number of anilines is 1. The maximum Gasteiger partial charge on any atom is 0.163 e. The fourth-order valence-electron chi connectivity index (χ4n) is 2.00. The van der Waals surface area contributed by atoms with Crippen LogP contribution in [-0.2, 0) is 0 Å². The zero-order valence-corrected chi connectivity index (χ0v) is 11.6. The molecule has 3 heteroatoms. The zero-order chi connectivity index (χ0) is 13.0. The molecule has 0 fully saturated rings. The van der Waals surface area contributed by atoms with Crippen LogP contribution in [0.2, 0.25) is 0 Å². The van der Waals surface area contributed by atoms with E-state index >= 15 is 0 Å². The average Bonchev–Trinajstić information content (AvgIpc) is 2.33. The highest BCUT2D eigenvalue weighted by molar-refractivity contribution is 5.55. The number of benzene rings is 1. The van der Waals surface area contributed by atoms with Crippen LogP contribution in [0.1, 0.15) is 33.6 Å². The van der Waals surface area contributed by atoms with Gasteiger partial charge in [0.25, 0.3) is 0 Å². The molecule has 0 amide bonds. The van der Waals surface area contributed by atoms with Crippen LogP contribution < -0.4 is 14.8 Å². The Kier molecular flexibility index (Phi) is 4.00. The first-order chi connectivity index (χ1) is 8.54. The van der Waals surface area contributed by atoms with Gasteiger partial charge in [0.2, 0.25) is 0 Å². The van der Waals surface area contributed by atoms with E-state index in [-0.39, 0.29) is 0 Å². The third kappa shape index (κ3) is 3.83. The Morgan fingerprint density at radius 1 is 1.11 bits per heavy atom. The molecule has 0 saturated carbocycles. The lowest BCUT2D eigenvalue weighted by Gasteiger charge is -2.20. The van der Waals surface area contributed by atoms with E-state index in [1.165, 1.54) is 12.8 Å². The topological polar surface area (TPSA) is 30.5 Å². The summed E-state index contributed by atoms with van der Waals surface area (Å²) in [6, 6.07) is 6.04. The summed E-state index contributed by atoms with van der Waals surface area (Å²) in [5.74, 6) is 1.70. The van der Waals surface area contributed by atoms with Crippen molar-refractivity contribution in [1.82, 2.24) is 0 Å². The molecule has 100 valence electrons. The number of hydrogen-bond donors (Lipinski definition) is 1. The number of rotatable bonds is 4. The largest absolute Gasteiger partial charge is 0.486 e. The highest BCUT2D eigenvalue weighted by Crippen LogP contribution is 2.32. The normalized spacial score (nSPS) is 14.4. The van der Waals surface area contributed by atoms with Crippen molar-refractivity contribution in [2.45, 2.75) is 33.6 Å². The predicted molar refractivity (Wildman–Crippen MR) is 74.6 cm³/mol. The van der Waals surface area contributed by atoms with E-state index in [1.807, 2.05) is 18.2 Å². The maximum atomic E-state index is 5.56. The molecular weight excluding hydrogens is 226 g/mol. The Balaban J connectivity index is 1.83. The molecule has 1 aliphatic heterocycles. The van der Waals surface area contributed by atoms with Gasteiger partial charge >= 0.3 is 0 Å². The second-order valence-corrected chi connectivity index (χ2v) is 5.95. The fraction of sp³-hybridized carbons (Fsp3) is 0.600. The number of ether oxygens (including phenoxy) is 2. The molecule has 1 heterocycles. The molecule has 0 radical (unpaired) electrons. The second-order valence-electron chi connectivity index (χ2n) is 5.95. The number of nitrogens with one attached hydrogen (secondary N) is 1. The minimum Gasteiger partial charge on any atom is -0.486 e. The van der Waals surface area contributed by atoms with Gasteiger partial charge in [0.05, 0.1) is 0 Å². The molecule has 2 rings (SSSR count). The van der Waals surface area contributed by atoms with Crippen molar-refractivity contribution in [1.29, 1.82) is 0 Å². The maximum absolute atomic E-state index is 5.56. The lowest BCUT2D eigenvalue weighted by molar-refractivity contribution is 0.171. The molecule has 0 unspecified atom stereocenters. The first-order valence-corrected chi connectivity index (χ1v) is 6.68. The van der Waals surface area contributed by atoms with Gasteiger partial charge in [-0.2, -0.15) is 0 Å². The van der Waals surface area contributed by atoms with Crippen LogP contribution in [0.3, 0.4) is 0 Å². The molecule has 1 aromatic rings. The first-order valence-electron chi connectivity index (χ1n) is 6.68. The Bertz CT molecular complexity index is 396. The second kappa shape index (κ2) is 5.51. The lowest BCUT2D eigenvalue weighted by Crippen LogP contribution is -2.15. The molecule has 0 aliphatic carbocycles. The highest BCUT2D eigenvalue weighted by atomic mass is 16.6. The van der Waals surface area contributed by atoms with Gasteiger partial charge in [0.1, 0.15) is 13.2 Å². The fourth-order valence-corrected chi connectivity index (χ4v) is 2.00. The average molecular weight is 249 g/mol. The summed E-state index contributed by atoms with van der Waals surface area (Å²) in [4.78, 5) is 0. The van der Waals surface area contributed by atoms with Gasteiger partial charge in [-0.25, -0.2) is 0 Å². The SMILES string of the molecule is CC(C)(C)CCCNc1ccc2c(c1)OCCO2. The van der Waals surface area contributed by atoms with Crippen molar-refractivity contribution < 1.29 is 9.47 Å². The van der Waals surface area contributed by atoms with Crippen LogP contribution in [0, 0.1) is 5.41 Å². The summed E-state index contributed by atoms with van der Waals surface area (Å²) < 4.78 is 11.1. The highest BCUT2D eigenvalue weighted by Gasteiger charge is 2.12. The molecule has 1 aromatic carbocycles. The van der Waals surface area contributed by atoms with Crippen LogP contribution in [0.4, 0.5) is 5.69 Å². The van der Waals surface area contributed by atoms with Crippen molar-refractivity contribution >= 4 is 5.69 Å². The molecule has 0 atom stereocenters. The van der Waals surface area contributed by atoms with Gasteiger partial charge in [0.15, 0.2) is 11.5 Å². The summed E-state index contributed by atoms with van der Waals surface area (Å²) >= 11 is 0. The van der Waals surface area contributed by atoms with Crippen molar-refractivity contribution in [2.75, 3.05) is 25.1 Å². The van der Waals surface area contributed by atoms with Crippen LogP contribution in [0.25, 0.3) is 0 Å². The van der Waals surface area contributed by atoms with E-state index in [9.17, 15) is 0 Å². The summed E-state index contributed by atoms with van der Waals surface area (Å²) in [5, 5.41) is 3.43. The standard InChI is InChI=1S/C15H23NO2/c1-15(2,3)7-4-8-16-12-5-6-13-14(11-12)18-10-9-17-13/h5-6,11,16H,4,7-10H2,1-3H3. The smallest absolute Gasteiger partial charge is 0.163 e. The number of hydrogen-bond acceptors (Lipinski definition) is 3. The van der Waals surface area contributed by atoms with Gasteiger partial charge in [-0.3, -0.25) is 0 Å². The van der Waals surface area contributed by atoms with E-state index < -0.39 is 0 Å². The van der Waals surface area contributed by atoms with E-state index in [1.54, 1.807) is 0 Å². The third-order valence-corrected chi connectivity index (χ3v) is 2.97. The molecule has 0 spiro atoms. The summed E-state index contributed by atoms with van der Waals surface area (Å²) in [6.45, 7) is 9.11. The zero-order valence-electron chi connectivity index (χ0n) is 11.6. The minimum atomic E-state index is 0.411. The molecule has 18 heavy (non-hydrogen) atoms. The van der Waals surface area contributed by atoms with Crippen molar-refractivity contribution in [3.8, 4) is 11.5 Å². The summed E-state index contributed by atoms with van der Waals surface area (Å²) in [6.07, 6.45) is 2.41. The number of fused-ring (bicyclic) bond motifs is 1. The Morgan fingerprint density at radius 2 is 1.83 bits per heavy atom. The van der Waals surface area contributed by atoms with E-state index in [0.717, 1.165) is 23.7 Å². The first kappa shape index (κ1) is 13.1. The van der Waals surface area contributed by atoms with Gasteiger partial charge < -0.3 is 14.8 Å². The third-order valence-electron chi connectivity index (χ3n) is 2.97. The van der Waals surface area contributed by atoms with E-state index in [4.69, 9.17) is 9.47 Å². The molecular formula is C15H23NO2. The Hall–Kier alpha value is -1.38. The molecule has 0 aromatic heterocycles. The molecule has 0 saturated heterocycles. The van der Waals surface area contributed by atoms with Gasteiger partial charge in [-0.1, -0.05) is 20.8 Å². The quantitative estimate of drug-likeness (QED) is 0.825. The van der Waals surface area contributed by atoms with Crippen molar-refractivity contribution in [2.24, 2.45) is 5.41 Å². The van der Waals surface area contributed by atoms with Crippen molar-refractivity contribution in [3.63, 3.8) is 0 Å². The Labute approximate surface area is 109 Å².